The first-order valence-electron chi connectivity index (χ1n) is 13.6. The highest BCUT2D eigenvalue weighted by molar-refractivity contribution is 7.99. The number of nitriles is 1. The molecule has 14 heteroatoms. The molecule has 0 fully saturated rings. The minimum Gasteiger partial charge on any atom is -0.490 e. The Morgan fingerprint density at radius 3 is 2.68 bits per heavy atom. The summed E-state index contributed by atoms with van der Waals surface area (Å²) < 4.78 is 41.7. The molecular weight excluding hydrogens is 626 g/mol. The molecule has 0 saturated heterocycles. The third-order valence-electron chi connectivity index (χ3n) is 5.82. The van der Waals surface area contributed by atoms with Gasteiger partial charge in [-0.15, -0.1) is 11.3 Å². The van der Waals surface area contributed by atoms with Gasteiger partial charge in [0.1, 0.15) is 17.6 Å². The van der Waals surface area contributed by atoms with Crippen molar-refractivity contribution in [1.29, 1.82) is 5.26 Å². The summed E-state index contributed by atoms with van der Waals surface area (Å²) in [7, 11) is -0.240. The lowest BCUT2D eigenvalue weighted by Crippen LogP contribution is -2.13. The number of nitrogens with one attached hydrogen (secondary N) is 2. The van der Waals surface area contributed by atoms with Crippen molar-refractivity contribution in [2.45, 2.75) is 24.0 Å². The smallest absolute Gasteiger partial charge is 0.279 e. The van der Waals surface area contributed by atoms with E-state index in [9.17, 15) is 9.18 Å². The zero-order valence-corrected chi connectivity index (χ0v) is 26.7. The molecule has 3 aromatic carbocycles. The number of halogens is 1. The number of hydrogen-bond donors (Lipinski definition) is 3. The molecule has 1 atom stereocenters. The van der Waals surface area contributed by atoms with Crippen LogP contribution in [0.2, 0.25) is 0 Å². The number of carbonyl (C=O) groups excluding carboxylic acids is 1. The van der Waals surface area contributed by atoms with Crippen LogP contribution in [0.5, 0.6) is 17.2 Å². The molecule has 4 N–H and O–H groups in total. The number of nitrogens with zero attached hydrogens (tertiary/aromatic N) is 1. The van der Waals surface area contributed by atoms with E-state index in [2.05, 4.69) is 10.0 Å². The van der Waals surface area contributed by atoms with Gasteiger partial charge in [-0.2, -0.15) is 9.94 Å². The van der Waals surface area contributed by atoms with Crippen molar-refractivity contribution in [3.63, 3.8) is 0 Å². The van der Waals surface area contributed by atoms with Crippen LogP contribution in [0.15, 0.2) is 64.9 Å². The molecule has 0 radical (unpaired) electrons. The highest BCUT2D eigenvalue weighted by Crippen LogP contribution is 2.40. The highest BCUT2D eigenvalue weighted by atomic mass is 32.2. The first-order valence-corrected chi connectivity index (χ1v) is 16.6. The molecular formula is C30H32FN4O6PS2. The second kappa shape index (κ2) is 17.1. The van der Waals surface area contributed by atoms with Gasteiger partial charge in [0, 0.05) is 22.0 Å². The number of thiophene rings is 1. The van der Waals surface area contributed by atoms with Gasteiger partial charge >= 0.3 is 0 Å². The topological polar surface area (TPSA) is 137 Å². The maximum Gasteiger partial charge on any atom is 0.279 e. The van der Waals surface area contributed by atoms with Crippen LogP contribution in [0.1, 0.15) is 35.7 Å². The number of nitrogens with two attached hydrogens (primary N) is 1. The fourth-order valence-electron chi connectivity index (χ4n) is 3.78. The van der Waals surface area contributed by atoms with E-state index in [1.165, 1.54) is 31.2 Å². The molecule has 4 aromatic rings. The van der Waals surface area contributed by atoms with Crippen molar-refractivity contribution >= 4 is 53.3 Å². The second-order valence-electron chi connectivity index (χ2n) is 9.10. The SMILES string of the molecule is CCCOc1ccc(C(=O)Nc2ccc3sc(SNCP(OOC)Oc4ccc(C#N)c(F)c4)cc3c2)cc1OCCCN. The molecule has 1 amide bonds. The van der Waals surface area contributed by atoms with Crippen LogP contribution < -0.4 is 29.8 Å². The summed E-state index contributed by atoms with van der Waals surface area (Å²) in [6, 6.07) is 18.6. The van der Waals surface area contributed by atoms with Crippen molar-refractivity contribution in [2.24, 2.45) is 5.73 Å². The molecule has 0 spiro atoms. The van der Waals surface area contributed by atoms with Gasteiger partial charge in [-0.05, 0) is 91.3 Å². The van der Waals surface area contributed by atoms with Crippen LogP contribution >= 0.6 is 31.7 Å². The summed E-state index contributed by atoms with van der Waals surface area (Å²) in [5.74, 6) is 0.387. The summed E-state index contributed by atoms with van der Waals surface area (Å²) in [6.45, 7) is 3.50. The summed E-state index contributed by atoms with van der Waals surface area (Å²) in [5.41, 5.74) is 6.62. The normalized spacial score (nSPS) is 11.6. The Morgan fingerprint density at radius 2 is 1.93 bits per heavy atom. The molecule has 0 aliphatic heterocycles. The first-order chi connectivity index (χ1) is 21.4. The number of ether oxygens (including phenoxy) is 2. The van der Waals surface area contributed by atoms with Crippen LogP contribution in [0.25, 0.3) is 10.1 Å². The fraction of sp³-hybridized carbons (Fsp3) is 0.267. The molecule has 1 unspecified atom stereocenters. The van der Waals surface area contributed by atoms with Crippen LogP contribution in [0.3, 0.4) is 0 Å². The van der Waals surface area contributed by atoms with E-state index in [1.54, 1.807) is 35.6 Å². The van der Waals surface area contributed by atoms with Gasteiger partial charge in [0.25, 0.3) is 14.3 Å². The Hall–Kier alpha value is -3.47. The van der Waals surface area contributed by atoms with Crippen molar-refractivity contribution < 1.29 is 32.7 Å². The van der Waals surface area contributed by atoms with Crippen molar-refractivity contribution in [1.82, 2.24) is 4.72 Å². The number of hydrogen-bond acceptors (Lipinski definition) is 11. The molecule has 44 heavy (non-hydrogen) atoms. The summed E-state index contributed by atoms with van der Waals surface area (Å²) in [5, 5.41) is 12.8. The van der Waals surface area contributed by atoms with Crippen LogP contribution in [0.4, 0.5) is 10.1 Å². The van der Waals surface area contributed by atoms with Crippen molar-refractivity contribution in [3.05, 3.63) is 77.6 Å². The van der Waals surface area contributed by atoms with Crippen molar-refractivity contribution in [3.8, 4) is 23.3 Å². The zero-order chi connectivity index (χ0) is 31.3. The number of anilines is 1. The predicted octanol–water partition coefficient (Wildman–Crippen LogP) is 7.20. The third kappa shape index (κ3) is 9.51. The lowest BCUT2D eigenvalue weighted by molar-refractivity contribution is -0.175. The Kier molecular flexibility index (Phi) is 13.0. The van der Waals surface area contributed by atoms with E-state index in [4.69, 9.17) is 34.6 Å². The van der Waals surface area contributed by atoms with Gasteiger partial charge < -0.3 is 25.0 Å². The molecule has 4 rings (SSSR count). The lowest BCUT2D eigenvalue weighted by Gasteiger charge is -2.16. The van der Waals surface area contributed by atoms with Gasteiger partial charge in [-0.3, -0.25) is 4.79 Å². The monoisotopic (exact) mass is 658 g/mol. The lowest BCUT2D eigenvalue weighted by atomic mass is 10.1. The van der Waals surface area contributed by atoms with E-state index < -0.39 is 14.2 Å². The average Bonchev–Trinajstić information content (AvgIpc) is 3.42. The van der Waals surface area contributed by atoms with Gasteiger partial charge in [0.2, 0.25) is 0 Å². The Bertz CT molecular complexity index is 1600. The minimum atomic E-state index is -1.60. The van der Waals surface area contributed by atoms with Gasteiger partial charge in [0.05, 0.1) is 36.4 Å². The summed E-state index contributed by atoms with van der Waals surface area (Å²) in [6.07, 6.45) is 1.81. The van der Waals surface area contributed by atoms with Gasteiger partial charge in [-0.25, -0.2) is 14.0 Å². The Balaban J connectivity index is 1.36. The third-order valence-corrected chi connectivity index (χ3v) is 9.20. The molecule has 1 heterocycles. The number of benzene rings is 3. The second-order valence-corrected chi connectivity index (χ2v) is 12.7. The molecule has 232 valence electrons. The maximum atomic E-state index is 13.9. The highest BCUT2D eigenvalue weighted by Gasteiger charge is 2.17. The zero-order valence-electron chi connectivity index (χ0n) is 24.1. The van der Waals surface area contributed by atoms with E-state index in [0.29, 0.717) is 48.9 Å². The van der Waals surface area contributed by atoms with Crippen LogP contribution in [-0.2, 0) is 9.56 Å². The molecule has 0 aliphatic rings. The number of fused-ring (bicyclic) bond motifs is 1. The van der Waals surface area contributed by atoms with E-state index in [-0.39, 0.29) is 23.5 Å². The standard InChI is InChI=1S/C30H32FN4O6PS2/c1-3-12-38-26-9-6-20(15-27(26)39-13-4-11-32)30(36)35-23-7-10-28-22(14-23)16-29(43-28)44-34-19-42(41-37-2)40-24-8-5-21(18-33)25(31)17-24/h5-10,14-17,34H,3-4,11-13,19,32H2,1-2H3,(H,35,36). The fourth-order valence-corrected chi connectivity index (χ4v) is 6.84. The van der Waals surface area contributed by atoms with Crippen LogP contribution in [0, 0.1) is 17.1 Å². The van der Waals surface area contributed by atoms with Gasteiger partial charge in [0.15, 0.2) is 11.5 Å². The van der Waals surface area contributed by atoms with Crippen LogP contribution in [-0.4, -0.2) is 39.1 Å². The number of amides is 1. The number of rotatable bonds is 17. The predicted molar refractivity (Wildman–Crippen MR) is 172 cm³/mol. The van der Waals surface area contributed by atoms with Gasteiger partial charge in [-0.1, -0.05) is 6.92 Å². The molecule has 0 bridgehead atoms. The maximum absolute atomic E-state index is 13.9. The first kappa shape index (κ1) is 33.4. The summed E-state index contributed by atoms with van der Waals surface area (Å²) in [4.78, 5) is 17.9. The minimum absolute atomic E-state index is 0.0696. The Labute approximate surface area is 264 Å². The largest absolute Gasteiger partial charge is 0.490 e. The number of carbonyl (C=O) groups is 1. The molecule has 1 aromatic heterocycles. The Morgan fingerprint density at radius 1 is 1.09 bits per heavy atom. The summed E-state index contributed by atoms with van der Waals surface area (Å²) >= 11 is 2.96. The van der Waals surface area contributed by atoms with Crippen molar-refractivity contribution in [2.75, 3.05) is 38.5 Å². The quantitative estimate of drug-likeness (QED) is 0.0351. The molecule has 0 aliphatic carbocycles. The van der Waals surface area contributed by atoms with E-state index in [0.717, 1.165) is 26.8 Å². The molecule has 10 nitrogen and oxygen atoms in total. The average molecular weight is 659 g/mol. The van der Waals surface area contributed by atoms with E-state index >= 15 is 0 Å². The molecule has 0 saturated carbocycles. The van der Waals surface area contributed by atoms with E-state index in [1.807, 2.05) is 31.2 Å².